The number of piperazine rings is 1. The van der Waals surface area contributed by atoms with Gasteiger partial charge in [-0.15, -0.1) is 13.2 Å². The number of ether oxygens (including phenoxy) is 1. The van der Waals surface area contributed by atoms with Crippen LogP contribution in [-0.2, 0) is 12.8 Å². The van der Waals surface area contributed by atoms with Crippen LogP contribution in [0.3, 0.4) is 0 Å². The molecule has 1 saturated heterocycles. The molecule has 0 aromatic heterocycles. The molecule has 2 aromatic rings. The molecule has 170 valence electrons. The van der Waals surface area contributed by atoms with Crippen LogP contribution in [0.1, 0.15) is 42.9 Å². The molecule has 1 fully saturated rings. The van der Waals surface area contributed by atoms with Crippen molar-refractivity contribution in [2.24, 2.45) is 0 Å². The molecule has 1 aliphatic rings. The summed E-state index contributed by atoms with van der Waals surface area (Å²) >= 11 is 0. The Kier molecular flexibility index (Phi) is 8.24. The highest BCUT2D eigenvalue weighted by Crippen LogP contribution is 2.27. The molecule has 0 spiro atoms. The number of aryl methyl sites for hydroxylation is 2. The van der Waals surface area contributed by atoms with Crippen molar-refractivity contribution in [2.75, 3.05) is 37.6 Å². The number of benzene rings is 2. The molecule has 0 amide bonds. The fourth-order valence-corrected chi connectivity index (χ4v) is 4.11. The first kappa shape index (κ1) is 23.5. The molecule has 0 aliphatic carbocycles. The molecule has 0 saturated carbocycles. The maximum Gasteiger partial charge on any atom is 0.573 e. The Morgan fingerprint density at radius 3 is 2.42 bits per heavy atom. The van der Waals surface area contributed by atoms with Crippen molar-refractivity contribution in [2.45, 2.75) is 52.3 Å². The number of unbranched alkanes of at least 4 members (excludes halogenated alkanes) is 2. The highest BCUT2D eigenvalue weighted by Gasteiger charge is 2.31. The second-order valence-corrected chi connectivity index (χ2v) is 8.34. The predicted octanol–water partition coefficient (Wildman–Crippen LogP) is 5.99. The number of anilines is 1. The van der Waals surface area contributed by atoms with E-state index in [1.54, 1.807) is 6.07 Å². The molecule has 0 atom stereocenters. The van der Waals surface area contributed by atoms with Gasteiger partial charge >= 0.3 is 6.36 Å². The fraction of sp³-hybridized carbons (Fsp3) is 0.520. The van der Waals surface area contributed by atoms with Crippen molar-refractivity contribution in [1.82, 2.24) is 4.90 Å². The van der Waals surface area contributed by atoms with Crippen LogP contribution < -0.4 is 9.64 Å². The van der Waals surface area contributed by atoms with E-state index < -0.39 is 6.36 Å². The minimum atomic E-state index is -4.66. The molecule has 0 bridgehead atoms. The van der Waals surface area contributed by atoms with E-state index in [9.17, 15) is 13.2 Å². The van der Waals surface area contributed by atoms with E-state index in [0.717, 1.165) is 51.3 Å². The van der Waals surface area contributed by atoms with Crippen LogP contribution in [0.2, 0.25) is 0 Å². The largest absolute Gasteiger partial charge is 0.573 e. The van der Waals surface area contributed by atoms with Crippen molar-refractivity contribution in [1.29, 1.82) is 0 Å². The second-order valence-electron chi connectivity index (χ2n) is 8.34. The first-order chi connectivity index (χ1) is 14.8. The quantitative estimate of drug-likeness (QED) is 0.451. The molecule has 2 aromatic carbocycles. The summed E-state index contributed by atoms with van der Waals surface area (Å²) in [7, 11) is 0. The van der Waals surface area contributed by atoms with Crippen LogP contribution in [0.4, 0.5) is 18.9 Å². The molecule has 0 N–H and O–H groups in total. The van der Waals surface area contributed by atoms with E-state index in [1.165, 1.54) is 48.1 Å². The van der Waals surface area contributed by atoms with Gasteiger partial charge < -0.3 is 9.64 Å². The Hall–Kier alpha value is -2.21. The first-order valence-corrected chi connectivity index (χ1v) is 11.3. The van der Waals surface area contributed by atoms with Gasteiger partial charge in [0.05, 0.1) is 0 Å². The van der Waals surface area contributed by atoms with Crippen LogP contribution in [0.5, 0.6) is 5.75 Å². The van der Waals surface area contributed by atoms with Gasteiger partial charge in [0, 0.05) is 44.5 Å². The summed E-state index contributed by atoms with van der Waals surface area (Å²) in [5, 5.41) is 0. The van der Waals surface area contributed by atoms with Gasteiger partial charge in [-0.05, 0) is 55.0 Å². The lowest BCUT2D eigenvalue weighted by Gasteiger charge is -2.36. The van der Waals surface area contributed by atoms with Crippen LogP contribution in [0.15, 0.2) is 42.5 Å². The number of alkyl halides is 3. The van der Waals surface area contributed by atoms with Crippen molar-refractivity contribution < 1.29 is 17.9 Å². The van der Waals surface area contributed by atoms with E-state index in [-0.39, 0.29) is 5.75 Å². The zero-order chi connectivity index (χ0) is 22.3. The predicted molar refractivity (Wildman–Crippen MR) is 120 cm³/mol. The van der Waals surface area contributed by atoms with Gasteiger partial charge in [0.15, 0.2) is 0 Å². The van der Waals surface area contributed by atoms with Crippen LogP contribution in [0.25, 0.3) is 0 Å². The van der Waals surface area contributed by atoms with Gasteiger partial charge in [0.2, 0.25) is 0 Å². The fourth-order valence-electron chi connectivity index (χ4n) is 4.11. The summed E-state index contributed by atoms with van der Waals surface area (Å²) in [5.41, 5.74) is 5.01. The number of halogens is 3. The monoisotopic (exact) mass is 434 g/mol. The van der Waals surface area contributed by atoms with E-state index in [0.29, 0.717) is 0 Å². The van der Waals surface area contributed by atoms with E-state index in [1.807, 2.05) is 6.07 Å². The van der Waals surface area contributed by atoms with E-state index in [2.05, 4.69) is 46.6 Å². The second kappa shape index (κ2) is 10.9. The number of hydrogen-bond donors (Lipinski definition) is 0. The number of hydrogen-bond acceptors (Lipinski definition) is 3. The molecule has 6 heteroatoms. The summed E-state index contributed by atoms with van der Waals surface area (Å²) in [5.74, 6) is -0.165. The Labute approximate surface area is 183 Å². The number of nitrogens with zero attached hydrogens (tertiary/aromatic N) is 2. The minimum Gasteiger partial charge on any atom is -0.406 e. The van der Waals surface area contributed by atoms with Crippen molar-refractivity contribution in [3.05, 3.63) is 59.2 Å². The summed E-state index contributed by atoms with van der Waals surface area (Å²) in [6.45, 7) is 8.83. The Balaban J connectivity index is 1.49. The molecule has 0 radical (unpaired) electrons. The summed E-state index contributed by atoms with van der Waals surface area (Å²) in [4.78, 5) is 4.56. The average Bonchev–Trinajstić information content (AvgIpc) is 2.73. The van der Waals surface area contributed by atoms with Crippen LogP contribution in [0, 0.1) is 6.92 Å². The normalized spacial score (nSPS) is 15.3. The van der Waals surface area contributed by atoms with Crippen LogP contribution >= 0.6 is 0 Å². The summed E-state index contributed by atoms with van der Waals surface area (Å²) in [6, 6.07) is 13.1. The van der Waals surface area contributed by atoms with Gasteiger partial charge in [-0.2, -0.15) is 0 Å². The van der Waals surface area contributed by atoms with Crippen LogP contribution in [-0.4, -0.2) is 44.0 Å². The van der Waals surface area contributed by atoms with E-state index >= 15 is 0 Å². The molecule has 1 heterocycles. The molecule has 0 unspecified atom stereocenters. The Morgan fingerprint density at radius 1 is 0.935 bits per heavy atom. The highest BCUT2D eigenvalue weighted by molar-refractivity contribution is 5.51. The molecule has 1 aliphatic heterocycles. The molecule has 3 nitrogen and oxygen atoms in total. The summed E-state index contributed by atoms with van der Waals surface area (Å²) < 4.78 is 41.5. The molecular formula is C25H33F3N2O. The van der Waals surface area contributed by atoms with Gasteiger partial charge in [0.25, 0.3) is 0 Å². The lowest BCUT2D eigenvalue weighted by atomic mass is 9.98. The maximum absolute atomic E-state index is 12.5. The van der Waals surface area contributed by atoms with Crippen molar-refractivity contribution in [3.8, 4) is 5.75 Å². The molecule has 31 heavy (non-hydrogen) atoms. The third kappa shape index (κ3) is 7.46. The molecule has 3 rings (SSSR count). The van der Waals surface area contributed by atoms with Gasteiger partial charge in [-0.3, -0.25) is 4.90 Å². The van der Waals surface area contributed by atoms with Crippen molar-refractivity contribution in [3.63, 3.8) is 0 Å². The Morgan fingerprint density at radius 2 is 1.71 bits per heavy atom. The van der Waals surface area contributed by atoms with Crippen molar-refractivity contribution >= 4 is 5.69 Å². The molecular weight excluding hydrogens is 401 g/mol. The lowest BCUT2D eigenvalue weighted by molar-refractivity contribution is -0.274. The Bertz CT molecular complexity index is 830. The standard InChI is InChI=1S/C25H33F3N2O/c1-3-4-5-7-22-18-21(11-10-20(22)2)12-13-29-14-16-30(17-15-29)23-8-6-9-24(19-23)31-25(26,27)28/h6,8-11,18-19H,3-5,7,12-17H2,1-2H3. The zero-order valence-electron chi connectivity index (χ0n) is 18.5. The third-order valence-corrected chi connectivity index (χ3v) is 5.97. The van der Waals surface area contributed by atoms with E-state index in [4.69, 9.17) is 0 Å². The summed E-state index contributed by atoms with van der Waals surface area (Å²) in [6.07, 6.45) is 1.28. The topological polar surface area (TPSA) is 15.7 Å². The van der Waals surface area contributed by atoms with Gasteiger partial charge in [-0.25, -0.2) is 0 Å². The SMILES string of the molecule is CCCCCc1cc(CCN2CCN(c3cccc(OC(F)(F)F)c3)CC2)ccc1C. The minimum absolute atomic E-state index is 0.165. The highest BCUT2D eigenvalue weighted by atomic mass is 19.4. The smallest absolute Gasteiger partial charge is 0.406 e. The third-order valence-electron chi connectivity index (χ3n) is 5.97. The average molecular weight is 435 g/mol. The van der Waals surface area contributed by atoms with Gasteiger partial charge in [0.1, 0.15) is 5.75 Å². The zero-order valence-corrected chi connectivity index (χ0v) is 18.5. The first-order valence-electron chi connectivity index (χ1n) is 11.3. The number of rotatable bonds is 9. The maximum atomic E-state index is 12.5. The lowest BCUT2D eigenvalue weighted by Crippen LogP contribution is -2.47. The van der Waals surface area contributed by atoms with Gasteiger partial charge in [-0.1, -0.05) is 44.0 Å².